The van der Waals surface area contributed by atoms with Gasteiger partial charge in [0.1, 0.15) is 12.6 Å². The lowest BCUT2D eigenvalue weighted by Crippen LogP contribution is -2.60. The van der Waals surface area contributed by atoms with Gasteiger partial charge in [-0.15, -0.1) is 0 Å². The molecule has 0 aliphatic carbocycles. The third-order valence-electron chi connectivity index (χ3n) is 4.74. The van der Waals surface area contributed by atoms with Crippen molar-refractivity contribution in [2.75, 3.05) is 33.4 Å². The van der Waals surface area contributed by atoms with E-state index in [9.17, 15) is 9.59 Å². The van der Waals surface area contributed by atoms with Gasteiger partial charge in [0.2, 0.25) is 11.8 Å². The van der Waals surface area contributed by atoms with Crippen LogP contribution in [0.25, 0.3) is 0 Å². The molecule has 6 nitrogen and oxygen atoms in total. The first-order chi connectivity index (χ1) is 13.6. The van der Waals surface area contributed by atoms with E-state index in [0.717, 1.165) is 5.56 Å². The van der Waals surface area contributed by atoms with Crippen LogP contribution in [0.2, 0.25) is 0 Å². The van der Waals surface area contributed by atoms with E-state index in [1.165, 1.54) is 4.90 Å². The number of para-hydroxylation sites is 2. The van der Waals surface area contributed by atoms with E-state index in [0.29, 0.717) is 31.1 Å². The molecule has 3 rings (SSSR count). The minimum absolute atomic E-state index is 0.0434. The number of amides is 2. The van der Waals surface area contributed by atoms with Gasteiger partial charge in [0, 0.05) is 13.5 Å². The molecule has 0 N–H and O–H groups in total. The Hall–Kier alpha value is -3.02. The Kier molecular flexibility index (Phi) is 6.53. The lowest BCUT2D eigenvalue weighted by molar-refractivity contribution is -0.154. The fourth-order valence-corrected chi connectivity index (χ4v) is 3.35. The van der Waals surface area contributed by atoms with Crippen molar-refractivity contribution in [2.24, 2.45) is 0 Å². The molecule has 1 atom stereocenters. The van der Waals surface area contributed by atoms with Gasteiger partial charge in [-0.25, -0.2) is 0 Å². The molecule has 2 amide bonds. The highest BCUT2D eigenvalue weighted by molar-refractivity contribution is 5.94. The summed E-state index contributed by atoms with van der Waals surface area (Å²) in [4.78, 5) is 28.5. The zero-order valence-corrected chi connectivity index (χ0v) is 16.3. The van der Waals surface area contributed by atoms with Crippen molar-refractivity contribution in [1.82, 2.24) is 9.80 Å². The summed E-state index contributed by atoms with van der Waals surface area (Å²) in [5.74, 6) is 1.20. The summed E-state index contributed by atoms with van der Waals surface area (Å²) in [5, 5.41) is 0. The van der Waals surface area contributed by atoms with Gasteiger partial charge in [-0.3, -0.25) is 9.59 Å². The lowest BCUT2D eigenvalue weighted by atomic mass is 10.0. The van der Waals surface area contributed by atoms with E-state index >= 15 is 0 Å². The maximum absolute atomic E-state index is 12.7. The second-order valence-electron chi connectivity index (χ2n) is 6.72. The summed E-state index contributed by atoms with van der Waals surface area (Å²) in [6, 6.07) is 16.7. The van der Waals surface area contributed by atoms with Gasteiger partial charge < -0.3 is 19.3 Å². The van der Waals surface area contributed by atoms with Gasteiger partial charge in [-0.1, -0.05) is 42.5 Å². The SMILES string of the molecule is CCOc1ccccc1OCCN1C(=O)CN(C)C(=O)[C@@H]1Cc1ccccc1. The fraction of sp³-hybridized carbons (Fsp3) is 0.364. The first-order valence-corrected chi connectivity index (χ1v) is 9.53. The van der Waals surface area contributed by atoms with Crippen molar-refractivity contribution >= 4 is 11.8 Å². The van der Waals surface area contributed by atoms with Crippen LogP contribution in [0.3, 0.4) is 0 Å². The Morgan fingerprint density at radius 3 is 2.29 bits per heavy atom. The van der Waals surface area contributed by atoms with Crippen molar-refractivity contribution < 1.29 is 19.1 Å². The first-order valence-electron chi connectivity index (χ1n) is 9.53. The number of likely N-dealkylation sites (N-methyl/N-ethyl adjacent to an activating group) is 1. The minimum Gasteiger partial charge on any atom is -0.490 e. The van der Waals surface area contributed by atoms with E-state index in [4.69, 9.17) is 9.47 Å². The molecule has 2 aromatic rings. The predicted molar refractivity (Wildman–Crippen MR) is 106 cm³/mol. The molecule has 28 heavy (non-hydrogen) atoms. The van der Waals surface area contributed by atoms with Crippen molar-refractivity contribution in [3.63, 3.8) is 0 Å². The highest BCUT2D eigenvalue weighted by atomic mass is 16.5. The minimum atomic E-state index is -0.514. The number of piperazine rings is 1. The monoisotopic (exact) mass is 382 g/mol. The zero-order chi connectivity index (χ0) is 19.9. The Balaban J connectivity index is 1.69. The molecular weight excluding hydrogens is 356 g/mol. The van der Waals surface area contributed by atoms with Crippen LogP contribution in [0.15, 0.2) is 54.6 Å². The van der Waals surface area contributed by atoms with E-state index in [-0.39, 0.29) is 25.0 Å². The van der Waals surface area contributed by atoms with Crippen LogP contribution in [-0.4, -0.2) is 61.0 Å². The molecule has 0 aromatic heterocycles. The van der Waals surface area contributed by atoms with Crippen LogP contribution >= 0.6 is 0 Å². The maximum atomic E-state index is 12.7. The molecule has 1 saturated heterocycles. The van der Waals surface area contributed by atoms with Crippen molar-refractivity contribution in [3.8, 4) is 11.5 Å². The number of carbonyl (C=O) groups is 2. The summed E-state index contributed by atoms with van der Waals surface area (Å²) in [6.45, 7) is 3.19. The molecule has 1 aliphatic rings. The molecule has 1 heterocycles. The van der Waals surface area contributed by atoms with E-state index in [1.807, 2.05) is 61.5 Å². The largest absolute Gasteiger partial charge is 0.490 e. The third-order valence-corrected chi connectivity index (χ3v) is 4.74. The molecule has 2 aromatic carbocycles. The highest BCUT2D eigenvalue weighted by Crippen LogP contribution is 2.26. The molecule has 0 bridgehead atoms. The van der Waals surface area contributed by atoms with Crippen LogP contribution in [0.5, 0.6) is 11.5 Å². The second kappa shape index (κ2) is 9.26. The summed E-state index contributed by atoms with van der Waals surface area (Å²) >= 11 is 0. The van der Waals surface area contributed by atoms with Crippen LogP contribution < -0.4 is 9.47 Å². The van der Waals surface area contributed by atoms with Crippen LogP contribution in [0, 0.1) is 0 Å². The topological polar surface area (TPSA) is 59.1 Å². The molecule has 1 aliphatic heterocycles. The average molecular weight is 382 g/mol. The Morgan fingerprint density at radius 2 is 1.61 bits per heavy atom. The standard InChI is InChI=1S/C22H26N2O4/c1-3-27-19-11-7-8-12-20(19)28-14-13-24-18(15-17-9-5-4-6-10-17)22(26)23(2)16-21(24)25/h4-12,18H,3,13-16H2,1-2H3/t18-/m0/s1. The summed E-state index contributed by atoms with van der Waals surface area (Å²) < 4.78 is 11.4. The average Bonchev–Trinajstić information content (AvgIpc) is 2.70. The van der Waals surface area contributed by atoms with Crippen LogP contribution in [-0.2, 0) is 16.0 Å². The zero-order valence-electron chi connectivity index (χ0n) is 16.3. The number of hydrogen-bond donors (Lipinski definition) is 0. The Bertz CT molecular complexity index is 809. The Labute approximate surface area is 165 Å². The summed E-state index contributed by atoms with van der Waals surface area (Å²) in [5.41, 5.74) is 1.02. The second-order valence-corrected chi connectivity index (χ2v) is 6.72. The third kappa shape index (κ3) is 4.63. The normalized spacial score (nSPS) is 17.0. The molecule has 0 saturated carbocycles. The molecule has 0 radical (unpaired) electrons. The first kappa shape index (κ1) is 19.7. The summed E-state index contributed by atoms with van der Waals surface area (Å²) in [6.07, 6.45) is 0.491. The van der Waals surface area contributed by atoms with Gasteiger partial charge >= 0.3 is 0 Å². The van der Waals surface area contributed by atoms with Gasteiger partial charge in [0.15, 0.2) is 11.5 Å². The van der Waals surface area contributed by atoms with E-state index < -0.39 is 6.04 Å². The van der Waals surface area contributed by atoms with Crippen molar-refractivity contribution in [3.05, 3.63) is 60.2 Å². The van der Waals surface area contributed by atoms with E-state index in [1.54, 1.807) is 11.9 Å². The molecular formula is C22H26N2O4. The van der Waals surface area contributed by atoms with Gasteiger partial charge in [0.05, 0.1) is 19.7 Å². The predicted octanol–water partition coefficient (Wildman–Crippen LogP) is 2.38. The molecule has 0 unspecified atom stereocenters. The van der Waals surface area contributed by atoms with Crippen LogP contribution in [0.4, 0.5) is 0 Å². The molecule has 1 fully saturated rings. The number of rotatable bonds is 8. The smallest absolute Gasteiger partial charge is 0.245 e. The molecule has 6 heteroatoms. The van der Waals surface area contributed by atoms with Gasteiger partial charge in [-0.05, 0) is 24.6 Å². The van der Waals surface area contributed by atoms with Crippen molar-refractivity contribution in [1.29, 1.82) is 0 Å². The number of benzene rings is 2. The van der Waals surface area contributed by atoms with Crippen molar-refractivity contribution in [2.45, 2.75) is 19.4 Å². The highest BCUT2D eigenvalue weighted by Gasteiger charge is 2.37. The molecule has 0 spiro atoms. The van der Waals surface area contributed by atoms with Gasteiger partial charge in [-0.2, -0.15) is 0 Å². The number of hydrogen-bond acceptors (Lipinski definition) is 4. The quantitative estimate of drug-likeness (QED) is 0.703. The number of ether oxygens (including phenoxy) is 2. The molecule has 148 valence electrons. The Morgan fingerprint density at radius 1 is 0.964 bits per heavy atom. The van der Waals surface area contributed by atoms with E-state index in [2.05, 4.69) is 0 Å². The van der Waals surface area contributed by atoms with Crippen LogP contribution in [0.1, 0.15) is 12.5 Å². The van der Waals surface area contributed by atoms with Gasteiger partial charge in [0.25, 0.3) is 0 Å². The number of nitrogens with zero attached hydrogens (tertiary/aromatic N) is 2. The lowest BCUT2D eigenvalue weighted by Gasteiger charge is -2.38. The summed E-state index contributed by atoms with van der Waals surface area (Å²) in [7, 11) is 1.67. The number of carbonyl (C=O) groups excluding carboxylic acids is 2. The fourth-order valence-electron chi connectivity index (χ4n) is 3.35. The maximum Gasteiger partial charge on any atom is 0.245 e.